The lowest BCUT2D eigenvalue weighted by molar-refractivity contribution is 0.0656. The summed E-state index contributed by atoms with van der Waals surface area (Å²) in [5, 5.41) is 3.62. The van der Waals surface area contributed by atoms with Crippen molar-refractivity contribution >= 4 is 27.3 Å². The highest BCUT2D eigenvalue weighted by Gasteiger charge is 2.41. The van der Waals surface area contributed by atoms with Crippen molar-refractivity contribution in [3.05, 3.63) is 46.3 Å². The molecule has 0 unspecified atom stereocenters. The van der Waals surface area contributed by atoms with Crippen molar-refractivity contribution in [3.8, 4) is 0 Å². The Morgan fingerprint density at radius 2 is 1.87 bits per heavy atom. The number of hydrogen-bond donors (Lipinski definition) is 0. The second-order valence-electron chi connectivity index (χ2n) is 5.53. The fourth-order valence-electron chi connectivity index (χ4n) is 2.56. The molecule has 1 aromatic heterocycles. The number of aromatic nitrogens is 1. The van der Waals surface area contributed by atoms with E-state index >= 15 is 0 Å². The summed E-state index contributed by atoms with van der Waals surface area (Å²) >= 11 is 5.78. The topological polar surface area (TPSA) is 80.5 Å². The van der Waals surface area contributed by atoms with Gasteiger partial charge in [-0.2, -0.15) is 0 Å². The number of rotatable bonds is 3. The summed E-state index contributed by atoms with van der Waals surface area (Å²) in [6.45, 7) is 3.67. The van der Waals surface area contributed by atoms with Crippen LogP contribution in [0.2, 0.25) is 5.02 Å². The van der Waals surface area contributed by atoms with E-state index in [0.717, 1.165) is 0 Å². The Kier molecular flexibility index (Phi) is 3.93. The van der Waals surface area contributed by atoms with E-state index in [1.807, 2.05) is 0 Å². The van der Waals surface area contributed by atoms with Crippen LogP contribution < -0.4 is 0 Å². The molecule has 0 atom stereocenters. The molecule has 0 saturated carbocycles. The predicted molar refractivity (Wildman–Crippen MR) is 84.3 cm³/mol. The molecule has 1 aliphatic rings. The molecule has 23 heavy (non-hydrogen) atoms. The standard InChI is InChI=1S/C15H15ClN2O4S/c1-9-14(10(2)22-17-9)15(19)18-7-13(8-18)23(20,21)12-5-3-11(16)4-6-12/h3-6,13H,7-8H2,1-2H3. The summed E-state index contributed by atoms with van der Waals surface area (Å²) in [5.41, 5.74) is 0.920. The maximum atomic E-state index is 12.5. The van der Waals surface area contributed by atoms with Crippen LogP contribution in [0.25, 0.3) is 0 Å². The smallest absolute Gasteiger partial charge is 0.259 e. The molecule has 0 radical (unpaired) electrons. The Morgan fingerprint density at radius 3 is 2.39 bits per heavy atom. The van der Waals surface area contributed by atoms with Crippen molar-refractivity contribution in [2.45, 2.75) is 24.0 Å². The SMILES string of the molecule is Cc1noc(C)c1C(=O)N1CC(S(=O)(=O)c2ccc(Cl)cc2)C1. The molecule has 1 aliphatic heterocycles. The van der Waals surface area contributed by atoms with Gasteiger partial charge >= 0.3 is 0 Å². The van der Waals surface area contributed by atoms with Gasteiger partial charge in [0.05, 0.1) is 10.6 Å². The first-order valence-electron chi connectivity index (χ1n) is 7.02. The zero-order valence-electron chi connectivity index (χ0n) is 12.6. The fraction of sp³-hybridized carbons (Fsp3) is 0.333. The van der Waals surface area contributed by atoms with E-state index in [1.165, 1.54) is 17.0 Å². The van der Waals surface area contributed by atoms with Gasteiger partial charge in [0, 0.05) is 18.1 Å². The van der Waals surface area contributed by atoms with E-state index < -0.39 is 15.1 Å². The zero-order valence-corrected chi connectivity index (χ0v) is 14.2. The van der Waals surface area contributed by atoms with Gasteiger partial charge in [0.1, 0.15) is 16.6 Å². The monoisotopic (exact) mass is 354 g/mol. The molecular formula is C15H15ClN2O4S. The maximum absolute atomic E-state index is 12.5. The summed E-state index contributed by atoms with van der Waals surface area (Å²) in [6, 6.07) is 6.05. The highest BCUT2D eigenvalue weighted by atomic mass is 35.5. The minimum Gasteiger partial charge on any atom is -0.361 e. The molecule has 1 amide bonds. The molecule has 2 heterocycles. The minimum atomic E-state index is -3.47. The number of benzene rings is 1. The Labute approximate surface area is 138 Å². The van der Waals surface area contributed by atoms with Crippen molar-refractivity contribution in [2.24, 2.45) is 0 Å². The van der Waals surface area contributed by atoms with Crippen LogP contribution >= 0.6 is 11.6 Å². The number of carbonyl (C=O) groups excluding carboxylic acids is 1. The van der Waals surface area contributed by atoms with E-state index in [2.05, 4.69) is 5.16 Å². The van der Waals surface area contributed by atoms with Gasteiger partial charge in [-0.1, -0.05) is 16.8 Å². The molecule has 0 aliphatic carbocycles. The van der Waals surface area contributed by atoms with Crippen molar-refractivity contribution in [1.29, 1.82) is 0 Å². The largest absolute Gasteiger partial charge is 0.361 e. The summed E-state index contributed by atoms with van der Waals surface area (Å²) in [7, 11) is -3.47. The predicted octanol–water partition coefficient (Wildman–Crippen LogP) is 2.24. The summed E-state index contributed by atoms with van der Waals surface area (Å²) in [5.74, 6) is 0.195. The zero-order chi connectivity index (χ0) is 16.8. The Hall–Kier alpha value is -1.86. The van der Waals surface area contributed by atoms with Gasteiger partial charge in [0.25, 0.3) is 5.91 Å². The molecule has 6 nitrogen and oxygen atoms in total. The first-order valence-corrected chi connectivity index (χ1v) is 8.94. The Morgan fingerprint density at radius 1 is 1.26 bits per heavy atom. The van der Waals surface area contributed by atoms with Gasteiger partial charge in [0.15, 0.2) is 9.84 Å². The van der Waals surface area contributed by atoms with Crippen molar-refractivity contribution < 1.29 is 17.7 Å². The Balaban J connectivity index is 1.74. The average molecular weight is 355 g/mol. The lowest BCUT2D eigenvalue weighted by Gasteiger charge is -2.38. The number of carbonyl (C=O) groups is 1. The van der Waals surface area contributed by atoms with Gasteiger partial charge < -0.3 is 9.42 Å². The molecule has 122 valence electrons. The molecule has 0 spiro atoms. The van der Waals surface area contributed by atoms with Crippen LogP contribution in [-0.4, -0.2) is 42.7 Å². The normalized spacial score (nSPS) is 15.5. The number of nitrogens with zero attached hydrogens (tertiary/aromatic N) is 2. The van der Waals surface area contributed by atoms with Crippen LogP contribution in [0.4, 0.5) is 0 Å². The van der Waals surface area contributed by atoms with Crippen LogP contribution in [0.3, 0.4) is 0 Å². The number of amides is 1. The number of sulfone groups is 1. The minimum absolute atomic E-state index is 0.161. The third-order valence-electron chi connectivity index (χ3n) is 3.96. The lowest BCUT2D eigenvalue weighted by atomic mass is 10.1. The first-order chi connectivity index (χ1) is 10.8. The van der Waals surface area contributed by atoms with E-state index in [-0.39, 0.29) is 23.9 Å². The van der Waals surface area contributed by atoms with Gasteiger partial charge in [-0.15, -0.1) is 0 Å². The van der Waals surface area contributed by atoms with E-state index in [0.29, 0.717) is 22.0 Å². The highest BCUT2D eigenvalue weighted by molar-refractivity contribution is 7.92. The highest BCUT2D eigenvalue weighted by Crippen LogP contribution is 2.27. The maximum Gasteiger partial charge on any atom is 0.259 e. The van der Waals surface area contributed by atoms with E-state index in [4.69, 9.17) is 16.1 Å². The molecule has 1 aromatic carbocycles. The van der Waals surface area contributed by atoms with Gasteiger partial charge in [-0.25, -0.2) is 8.42 Å². The molecule has 1 saturated heterocycles. The number of aryl methyl sites for hydroxylation is 2. The molecule has 0 bridgehead atoms. The fourth-order valence-corrected chi connectivity index (χ4v) is 4.34. The number of likely N-dealkylation sites (tertiary alicyclic amines) is 1. The van der Waals surface area contributed by atoms with Crippen LogP contribution in [0.5, 0.6) is 0 Å². The van der Waals surface area contributed by atoms with Crippen molar-refractivity contribution in [2.75, 3.05) is 13.1 Å². The second kappa shape index (κ2) is 5.65. The summed E-state index contributed by atoms with van der Waals surface area (Å²) < 4.78 is 30.0. The summed E-state index contributed by atoms with van der Waals surface area (Å²) in [4.78, 5) is 14.1. The van der Waals surface area contributed by atoms with Gasteiger partial charge in [0.2, 0.25) is 0 Å². The molecule has 8 heteroatoms. The third kappa shape index (κ3) is 2.74. The van der Waals surface area contributed by atoms with Gasteiger partial charge in [-0.05, 0) is 38.1 Å². The second-order valence-corrected chi connectivity index (χ2v) is 8.19. The van der Waals surface area contributed by atoms with Gasteiger partial charge in [-0.3, -0.25) is 4.79 Å². The van der Waals surface area contributed by atoms with Crippen LogP contribution in [0.1, 0.15) is 21.8 Å². The van der Waals surface area contributed by atoms with E-state index in [9.17, 15) is 13.2 Å². The molecule has 2 aromatic rings. The Bertz CT molecular complexity index is 833. The average Bonchev–Trinajstić information content (AvgIpc) is 2.76. The summed E-state index contributed by atoms with van der Waals surface area (Å²) in [6.07, 6.45) is 0. The molecule has 1 fully saturated rings. The van der Waals surface area contributed by atoms with Crippen LogP contribution in [-0.2, 0) is 9.84 Å². The molecular weight excluding hydrogens is 340 g/mol. The molecule has 3 rings (SSSR count). The van der Waals surface area contributed by atoms with Crippen LogP contribution in [0, 0.1) is 13.8 Å². The first kappa shape index (κ1) is 16.0. The van der Waals surface area contributed by atoms with E-state index in [1.54, 1.807) is 26.0 Å². The van der Waals surface area contributed by atoms with Crippen molar-refractivity contribution in [3.63, 3.8) is 0 Å². The quantitative estimate of drug-likeness (QED) is 0.844. The van der Waals surface area contributed by atoms with Crippen molar-refractivity contribution in [1.82, 2.24) is 10.1 Å². The number of hydrogen-bond acceptors (Lipinski definition) is 5. The molecule has 0 N–H and O–H groups in total. The third-order valence-corrected chi connectivity index (χ3v) is 6.32. The van der Waals surface area contributed by atoms with Crippen LogP contribution in [0.15, 0.2) is 33.7 Å². The lowest BCUT2D eigenvalue weighted by Crippen LogP contribution is -2.57. The number of halogens is 1.